The van der Waals surface area contributed by atoms with Crippen LogP contribution >= 0.6 is 11.3 Å². The summed E-state index contributed by atoms with van der Waals surface area (Å²) >= 11 is 1.67. The highest BCUT2D eigenvalue weighted by atomic mass is 32.1. The van der Waals surface area contributed by atoms with Gasteiger partial charge in [0.25, 0.3) is 0 Å². The molecule has 4 heteroatoms. The predicted octanol–water partition coefficient (Wildman–Crippen LogP) is 4.34. The van der Waals surface area contributed by atoms with Crippen molar-refractivity contribution in [1.29, 1.82) is 0 Å². The molecule has 3 nitrogen and oxygen atoms in total. The van der Waals surface area contributed by atoms with Gasteiger partial charge in [0.05, 0.1) is 19.9 Å². The van der Waals surface area contributed by atoms with Crippen molar-refractivity contribution in [1.82, 2.24) is 4.98 Å². The first-order valence-electron chi connectivity index (χ1n) is 6.37. The minimum absolute atomic E-state index is 0.505. The van der Waals surface area contributed by atoms with Crippen LogP contribution in [0.2, 0.25) is 0 Å². The third-order valence-corrected chi connectivity index (χ3v) is 4.18. The Morgan fingerprint density at radius 1 is 1.21 bits per heavy atom. The van der Waals surface area contributed by atoms with Crippen LogP contribution in [0.15, 0.2) is 23.6 Å². The fourth-order valence-corrected chi connectivity index (χ4v) is 2.76. The topological polar surface area (TPSA) is 31.4 Å². The third kappa shape index (κ3) is 2.89. The van der Waals surface area contributed by atoms with Gasteiger partial charge in [0.15, 0.2) is 11.5 Å². The molecular formula is C15H19NO2S. The molecule has 2 aromatic rings. The van der Waals surface area contributed by atoms with E-state index >= 15 is 0 Å². The van der Waals surface area contributed by atoms with Crippen LogP contribution < -0.4 is 9.47 Å². The quantitative estimate of drug-likeness (QED) is 0.814. The van der Waals surface area contributed by atoms with Gasteiger partial charge in [-0.15, -0.1) is 11.3 Å². The van der Waals surface area contributed by atoms with Crippen molar-refractivity contribution < 1.29 is 9.47 Å². The lowest BCUT2D eigenvalue weighted by atomic mass is 10.1. The zero-order valence-corrected chi connectivity index (χ0v) is 12.6. The third-order valence-electron chi connectivity index (χ3n) is 3.27. The van der Waals surface area contributed by atoms with E-state index in [1.165, 1.54) is 0 Å². The highest BCUT2D eigenvalue weighted by Crippen LogP contribution is 2.34. The minimum Gasteiger partial charge on any atom is -0.493 e. The Bertz CT molecular complexity index is 551. The lowest BCUT2D eigenvalue weighted by Crippen LogP contribution is -1.92. The van der Waals surface area contributed by atoms with E-state index in [1.807, 2.05) is 18.2 Å². The van der Waals surface area contributed by atoms with Gasteiger partial charge in [-0.3, -0.25) is 0 Å². The van der Waals surface area contributed by atoms with E-state index in [0.29, 0.717) is 5.92 Å². The Labute approximate surface area is 118 Å². The molecule has 1 aromatic carbocycles. The van der Waals surface area contributed by atoms with Gasteiger partial charge in [-0.05, 0) is 30.5 Å². The first-order valence-corrected chi connectivity index (χ1v) is 7.25. The molecule has 19 heavy (non-hydrogen) atoms. The van der Waals surface area contributed by atoms with Crippen LogP contribution in [-0.2, 0) is 0 Å². The highest BCUT2D eigenvalue weighted by Gasteiger charge is 2.12. The SMILES string of the molecule is CCC(C)c1csc(-c2ccc(OC)c(OC)c2)n1. The first kappa shape index (κ1) is 13.9. The van der Waals surface area contributed by atoms with E-state index in [-0.39, 0.29) is 0 Å². The Hall–Kier alpha value is -1.55. The molecular weight excluding hydrogens is 258 g/mol. The molecule has 1 atom stereocenters. The van der Waals surface area contributed by atoms with E-state index in [2.05, 4.69) is 19.2 Å². The average molecular weight is 277 g/mol. The number of methoxy groups -OCH3 is 2. The largest absolute Gasteiger partial charge is 0.493 e. The number of ether oxygens (including phenoxy) is 2. The Balaban J connectivity index is 2.34. The van der Waals surface area contributed by atoms with Crippen molar-refractivity contribution in [2.75, 3.05) is 14.2 Å². The standard InChI is InChI=1S/C15H19NO2S/c1-5-10(2)12-9-19-15(16-12)11-6-7-13(17-3)14(8-11)18-4/h6-10H,5H2,1-4H3. The Morgan fingerprint density at radius 3 is 2.58 bits per heavy atom. The van der Waals surface area contributed by atoms with Crippen molar-refractivity contribution in [2.45, 2.75) is 26.2 Å². The number of aromatic nitrogens is 1. The van der Waals surface area contributed by atoms with Gasteiger partial charge >= 0.3 is 0 Å². The van der Waals surface area contributed by atoms with Crippen molar-refractivity contribution in [2.24, 2.45) is 0 Å². The van der Waals surface area contributed by atoms with Gasteiger partial charge in [-0.2, -0.15) is 0 Å². The summed E-state index contributed by atoms with van der Waals surface area (Å²) in [6.07, 6.45) is 1.11. The number of thiazole rings is 1. The molecule has 0 aliphatic heterocycles. The van der Waals surface area contributed by atoms with E-state index in [9.17, 15) is 0 Å². The molecule has 0 radical (unpaired) electrons. The lowest BCUT2D eigenvalue weighted by molar-refractivity contribution is 0.355. The molecule has 2 rings (SSSR count). The molecule has 0 bridgehead atoms. The van der Waals surface area contributed by atoms with Crippen molar-refractivity contribution >= 4 is 11.3 Å². The van der Waals surface area contributed by atoms with E-state index in [0.717, 1.165) is 34.2 Å². The monoisotopic (exact) mass is 277 g/mol. The maximum atomic E-state index is 5.33. The number of nitrogens with zero attached hydrogens (tertiary/aromatic N) is 1. The van der Waals surface area contributed by atoms with Gasteiger partial charge in [0.2, 0.25) is 0 Å². The van der Waals surface area contributed by atoms with Crippen LogP contribution in [-0.4, -0.2) is 19.2 Å². The molecule has 0 aliphatic rings. The van der Waals surface area contributed by atoms with Crippen molar-refractivity contribution in [3.05, 3.63) is 29.3 Å². The summed E-state index contributed by atoms with van der Waals surface area (Å²) in [5, 5.41) is 3.16. The second-order valence-corrected chi connectivity index (χ2v) is 5.31. The molecule has 0 saturated carbocycles. The van der Waals surface area contributed by atoms with E-state index in [4.69, 9.17) is 14.5 Å². The zero-order chi connectivity index (χ0) is 13.8. The van der Waals surface area contributed by atoms with Crippen LogP contribution in [0.4, 0.5) is 0 Å². The van der Waals surface area contributed by atoms with Crippen molar-refractivity contribution in [3.63, 3.8) is 0 Å². The molecule has 1 heterocycles. The van der Waals surface area contributed by atoms with Crippen molar-refractivity contribution in [3.8, 4) is 22.1 Å². The average Bonchev–Trinajstić information content (AvgIpc) is 2.95. The maximum absolute atomic E-state index is 5.33. The highest BCUT2D eigenvalue weighted by molar-refractivity contribution is 7.13. The minimum atomic E-state index is 0.505. The van der Waals surface area contributed by atoms with Gasteiger partial charge in [0, 0.05) is 10.9 Å². The fraction of sp³-hybridized carbons (Fsp3) is 0.400. The van der Waals surface area contributed by atoms with Crippen LogP contribution in [0.5, 0.6) is 11.5 Å². The lowest BCUT2D eigenvalue weighted by Gasteiger charge is -2.08. The van der Waals surface area contributed by atoms with E-state index < -0.39 is 0 Å². The molecule has 1 aromatic heterocycles. The van der Waals surface area contributed by atoms with E-state index in [1.54, 1.807) is 25.6 Å². The smallest absolute Gasteiger partial charge is 0.161 e. The normalized spacial score (nSPS) is 12.2. The maximum Gasteiger partial charge on any atom is 0.161 e. The second-order valence-electron chi connectivity index (χ2n) is 4.46. The molecule has 0 N–H and O–H groups in total. The van der Waals surface area contributed by atoms with Crippen LogP contribution in [0, 0.1) is 0 Å². The molecule has 0 saturated heterocycles. The zero-order valence-electron chi connectivity index (χ0n) is 11.8. The molecule has 0 aliphatic carbocycles. The summed E-state index contributed by atoms with van der Waals surface area (Å²) in [5.74, 6) is 1.98. The van der Waals surface area contributed by atoms with Gasteiger partial charge in [-0.25, -0.2) is 4.98 Å². The summed E-state index contributed by atoms with van der Waals surface area (Å²) in [4.78, 5) is 4.70. The van der Waals surface area contributed by atoms with Crippen LogP contribution in [0.25, 0.3) is 10.6 Å². The second kappa shape index (κ2) is 6.06. The fourth-order valence-electron chi connectivity index (χ4n) is 1.82. The summed E-state index contributed by atoms with van der Waals surface area (Å²) in [7, 11) is 3.29. The Morgan fingerprint density at radius 2 is 1.95 bits per heavy atom. The number of hydrogen-bond donors (Lipinski definition) is 0. The van der Waals surface area contributed by atoms with Gasteiger partial charge < -0.3 is 9.47 Å². The number of benzene rings is 1. The van der Waals surface area contributed by atoms with Crippen LogP contribution in [0.3, 0.4) is 0 Å². The van der Waals surface area contributed by atoms with Gasteiger partial charge in [-0.1, -0.05) is 13.8 Å². The summed E-state index contributed by atoms with van der Waals surface area (Å²) in [6, 6.07) is 5.90. The molecule has 0 fully saturated rings. The van der Waals surface area contributed by atoms with Crippen LogP contribution in [0.1, 0.15) is 31.9 Å². The molecule has 0 spiro atoms. The molecule has 102 valence electrons. The Kier molecular flexibility index (Phi) is 4.43. The molecule has 0 amide bonds. The predicted molar refractivity (Wildman–Crippen MR) is 79.4 cm³/mol. The summed E-state index contributed by atoms with van der Waals surface area (Å²) < 4.78 is 10.6. The number of rotatable bonds is 5. The summed E-state index contributed by atoms with van der Waals surface area (Å²) in [5.41, 5.74) is 2.23. The summed E-state index contributed by atoms with van der Waals surface area (Å²) in [6.45, 7) is 4.38. The first-order chi connectivity index (χ1) is 9.19. The number of hydrogen-bond acceptors (Lipinski definition) is 4. The van der Waals surface area contributed by atoms with Gasteiger partial charge in [0.1, 0.15) is 5.01 Å². The molecule has 1 unspecified atom stereocenters.